The molecular weight excluding hydrogens is 476 g/mol. The molecule has 1 fully saturated rings. The van der Waals surface area contributed by atoms with Crippen molar-refractivity contribution in [2.45, 2.75) is 44.2 Å². The fraction of sp³-hybridized carbons (Fsp3) is 0.364. The third kappa shape index (κ3) is 4.10. The van der Waals surface area contributed by atoms with E-state index in [1.165, 1.54) is 37.9 Å². The van der Waals surface area contributed by atoms with Crippen molar-refractivity contribution in [2.75, 3.05) is 11.4 Å². The number of halogens is 4. The van der Waals surface area contributed by atoms with Gasteiger partial charge in [0.2, 0.25) is 10.0 Å². The Morgan fingerprint density at radius 2 is 1.88 bits per heavy atom. The summed E-state index contributed by atoms with van der Waals surface area (Å²) >= 11 is 0. The first-order chi connectivity index (χ1) is 15.8. The monoisotopic (exact) mass is 498 g/mol. The zero-order chi connectivity index (χ0) is 25.0. The summed E-state index contributed by atoms with van der Waals surface area (Å²) in [5.74, 6) is -3.54. The number of carbonyl (C=O) groups is 1. The maximum absolute atomic E-state index is 15.7. The van der Waals surface area contributed by atoms with Crippen molar-refractivity contribution in [3.63, 3.8) is 0 Å². The summed E-state index contributed by atoms with van der Waals surface area (Å²) < 4.78 is 84.7. The molecule has 2 unspecified atom stereocenters. The molecule has 0 aliphatic carbocycles. The van der Waals surface area contributed by atoms with Gasteiger partial charge in [0.05, 0.1) is 28.2 Å². The third-order valence-electron chi connectivity index (χ3n) is 5.76. The van der Waals surface area contributed by atoms with Crippen molar-refractivity contribution in [1.29, 1.82) is 0 Å². The van der Waals surface area contributed by atoms with Gasteiger partial charge in [0.25, 0.3) is 5.91 Å². The summed E-state index contributed by atoms with van der Waals surface area (Å²) in [5.41, 5.74) is -0.965. The van der Waals surface area contributed by atoms with Crippen LogP contribution in [0.1, 0.15) is 49.2 Å². The van der Waals surface area contributed by atoms with Crippen LogP contribution in [0.2, 0.25) is 0 Å². The molecule has 0 spiro atoms. The van der Waals surface area contributed by atoms with Crippen molar-refractivity contribution < 1.29 is 30.8 Å². The average molecular weight is 499 g/mol. The van der Waals surface area contributed by atoms with E-state index in [1.807, 2.05) is 4.72 Å². The lowest BCUT2D eigenvalue weighted by Crippen LogP contribution is -2.42. The van der Waals surface area contributed by atoms with Gasteiger partial charge in [0.15, 0.2) is 5.82 Å². The van der Waals surface area contributed by atoms with Crippen molar-refractivity contribution >= 4 is 27.1 Å². The number of fused-ring (bicyclic) bond motifs is 1. The first kappa shape index (κ1) is 24.0. The van der Waals surface area contributed by atoms with Gasteiger partial charge in [0.1, 0.15) is 23.3 Å². The van der Waals surface area contributed by atoms with Crippen molar-refractivity contribution in [3.8, 4) is 0 Å². The highest BCUT2D eigenvalue weighted by Crippen LogP contribution is 2.40. The van der Waals surface area contributed by atoms with Crippen molar-refractivity contribution in [2.24, 2.45) is 0 Å². The number of benzene rings is 1. The Bertz CT molecular complexity index is 1380. The van der Waals surface area contributed by atoms with Gasteiger partial charge in [0, 0.05) is 24.7 Å². The van der Waals surface area contributed by atoms with Crippen molar-refractivity contribution in [3.05, 3.63) is 65.2 Å². The number of pyridine rings is 1. The van der Waals surface area contributed by atoms with E-state index >= 15 is 4.39 Å². The summed E-state index contributed by atoms with van der Waals surface area (Å²) in [6.07, 6.45) is 0.698. The number of nitrogens with zero attached hydrogens (tertiary/aromatic N) is 3. The molecule has 2 atom stereocenters. The maximum atomic E-state index is 15.7. The summed E-state index contributed by atoms with van der Waals surface area (Å²) in [5, 5.41) is 3.90. The van der Waals surface area contributed by atoms with Gasteiger partial charge in [-0.15, -0.1) is 0 Å². The first-order valence-electron chi connectivity index (χ1n) is 10.4. The van der Waals surface area contributed by atoms with Crippen LogP contribution in [0.5, 0.6) is 0 Å². The van der Waals surface area contributed by atoms with E-state index < -0.39 is 50.3 Å². The van der Waals surface area contributed by atoms with Gasteiger partial charge in [-0.2, -0.15) is 5.10 Å². The number of alkyl halides is 1. The van der Waals surface area contributed by atoms with Gasteiger partial charge in [-0.1, -0.05) is 0 Å². The summed E-state index contributed by atoms with van der Waals surface area (Å²) in [6.45, 7) is 3.89. The molecule has 12 heteroatoms. The second-order valence-electron chi connectivity index (χ2n) is 9.08. The van der Waals surface area contributed by atoms with E-state index in [9.17, 15) is 26.4 Å². The average Bonchev–Trinajstić information content (AvgIpc) is 3.33. The number of hydrogen-bond acceptors (Lipinski definition) is 5. The molecule has 2 aromatic heterocycles. The number of nitrogens with one attached hydrogen (secondary N) is 1. The minimum Gasteiger partial charge on any atom is -0.359 e. The van der Waals surface area contributed by atoms with Gasteiger partial charge in [-0.05, 0) is 45.0 Å². The normalized spacial score (nSPS) is 19.1. The van der Waals surface area contributed by atoms with E-state index in [4.69, 9.17) is 0 Å². The largest absolute Gasteiger partial charge is 0.359 e. The predicted octanol–water partition coefficient (Wildman–Crippen LogP) is 3.90. The number of sulfonamides is 1. The molecule has 3 aromatic rings. The van der Waals surface area contributed by atoms with E-state index in [2.05, 4.69) is 5.10 Å². The van der Waals surface area contributed by atoms with Gasteiger partial charge >= 0.3 is 0 Å². The molecule has 0 bridgehead atoms. The standard InChI is InChI=1S/C22H22F4N4O3S/c1-22(2,3)34(32,33)28-21(31)15-10-27-30-7-6-17(19(26)20(15)30)29-11-13(24)9-18(29)14-8-12(23)4-5-16(14)25/h4-8,10,13,18H,9,11H2,1-3H3,(H,28,31). The molecule has 34 heavy (non-hydrogen) atoms. The van der Waals surface area contributed by atoms with Gasteiger partial charge < -0.3 is 4.90 Å². The number of anilines is 1. The van der Waals surface area contributed by atoms with Crippen LogP contribution < -0.4 is 9.62 Å². The fourth-order valence-corrected chi connectivity index (χ4v) is 4.52. The molecule has 0 radical (unpaired) electrons. The Morgan fingerprint density at radius 1 is 1.18 bits per heavy atom. The minimum atomic E-state index is -4.09. The number of hydrogen-bond donors (Lipinski definition) is 1. The van der Waals surface area contributed by atoms with E-state index in [1.54, 1.807) is 0 Å². The lowest BCUT2D eigenvalue weighted by atomic mass is 10.0. The molecule has 7 nitrogen and oxygen atoms in total. The lowest BCUT2D eigenvalue weighted by Gasteiger charge is -2.27. The van der Waals surface area contributed by atoms with Crippen LogP contribution in [0.4, 0.5) is 23.2 Å². The van der Waals surface area contributed by atoms with Crippen LogP contribution in [0.15, 0.2) is 36.7 Å². The lowest BCUT2D eigenvalue weighted by molar-refractivity contribution is 0.0982. The van der Waals surface area contributed by atoms with Crippen molar-refractivity contribution in [1.82, 2.24) is 14.3 Å². The Morgan fingerprint density at radius 3 is 2.56 bits per heavy atom. The molecule has 1 aromatic carbocycles. The van der Waals surface area contributed by atoms with Crippen LogP contribution in [0.3, 0.4) is 0 Å². The highest BCUT2D eigenvalue weighted by atomic mass is 32.2. The SMILES string of the molecule is CC(C)(C)S(=O)(=O)NC(=O)c1cnn2ccc(N3CC(F)CC3c3cc(F)ccc3F)c(F)c12. The molecule has 1 N–H and O–H groups in total. The van der Waals surface area contributed by atoms with E-state index in [0.29, 0.717) is 0 Å². The van der Waals surface area contributed by atoms with Crippen LogP contribution in [-0.4, -0.2) is 41.4 Å². The molecular formula is C22H22F4N4O3S. The second kappa shape index (κ2) is 8.26. The zero-order valence-corrected chi connectivity index (χ0v) is 19.3. The second-order valence-corrected chi connectivity index (χ2v) is 11.5. The van der Waals surface area contributed by atoms with E-state index in [-0.39, 0.29) is 35.3 Å². The van der Waals surface area contributed by atoms with Gasteiger partial charge in [-0.25, -0.2) is 35.2 Å². The molecule has 1 aliphatic rings. The maximum Gasteiger partial charge on any atom is 0.268 e. The van der Waals surface area contributed by atoms with E-state index in [0.717, 1.165) is 28.9 Å². The molecule has 4 rings (SSSR count). The fourth-order valence-electron chi connectivity index (χ4n) is 3.86. The molecule has 3 heterocycles. The third-order valence-corrected chi connectivity index (χ3v) is 7.82. The molecule has 182 valence electrons. The molecule has 0 saturated carbocycles. The van der Waals surface area contributed by atoms with Crippen LogP contribution in [-0.2, 0) is 10.0 Å². The summed E-state index contributed by atoms with van der Waals surface area (Å²) in [4.78, 5) is 14.0. The number of rotatable bonds is 4. The topological polar surface area (TPSA) is 83.8 Å². The summed E-state index contributed by atoms with van der Waals surface area (Å²) in [7, 11) is -4.09. The Kier molecular flexibility index (Phi) is 5.83. The molecule has 1 aliphatic heterocycles. The Balaban J connectivity index is 1.78. The van der Waals surface area contributed by atoms with Gasteiger partial charge in [-0.3, -0.25) is 4.79 Å². The zero-order valence-electron chi connectivity index (χ0n) is 18.5. The van der Waals surface area contributed by atoms with Crippen LogP contribution in [0, 0.1) is 17.5 Å². The predicted molar refractivity (Wildman–Crippen MR) is 117 cm³/mol. The molecule has 1 saturated heterocycles. The summed E-state index contributed by atoms with van der Waals surface area (Å²) in [6, 6.07) is 3.08. The Labute approximate surface area is 193 Å². The van der Waals surface area contributed by atoms with Crippen LogP contribution >= 0.6 is 0 Å². The highest BCUT2D eigenvalue weighted by molar-refractivity contribution is 7.91. The molecule has 1 amide bonds. The van der Waals surface area contributed by atoms with Crippen LogP contribution in [0.25, 0.3) is 5.52 Å². The number of amides is 1. The number of carbonyl (C=O) groups excluding carboxylic acids is 1. The number of aromatic nitrogens is 2. The highest BCUT2D eigenvalue weighted by Gasteiger charge is 2.37. The smallest absolute Gasteiger partial charge is 0.268 e. The first-order valence-corrected chi connectivity index (χ1v) is 11.9. The minimum absolute atomic E-state index is 0.123. The quantitative estimate of drug-likeness (QED) is 0.552. The Hall–Kier alpha value is -3.15.